The Morgan fingerprint density at radius 1 is 0.963 bits per heavy atom. The summed E-state index contributed by atoms with van der Waals surface area (Å²) < 4.78 is 16.6. The molecule has 1 aromatic carbocycles. The number of hydrogen-bond acceptors (Lipinski definition) is 5. The number of rotatable bonds is 12. The first-order valence-electron chi connectivity index (χ1n) is 9.31. The average molecular weight is 381 g/mol. The van der Waals surface area contributed by atoms with Crippen molar-refractivity contribution in [3.05, 3.63) is 24.3 Å². The largest absolute Gasteiger partial charge is 0.490 e. The van der Waals surface area contributed by atoms with Crippen LogP contribution in [0.25, 0.3) is 0 Å². The van der Waals surface area contributed by atoms with Crippen LogP contribution in [-0.2, 0) is 9.53 Å². The first-order valence-corrected chi connectivity index (χ1v) is 9.31. The van der Waals surface area contributed by atoms with Crippen molar-refractivity contribution in [2.24, 2.45) is 0 Å². The fraction of sp³-hybridized carbons (Fsp3) is 0.600. The molecule has 27 heavy (non-hydrogen) atoms. The quantitative estimate of drug-likeness (QED) is 0.532. The molecule has 7 nitrogen and oxygen atoms in total. The third-order valence-electron chi connectivity index (χ3n) is 3.39. The summed E-state index contributed by atoms with van der Waals surface area (Å²) in [5.74, 6) is 0.548. The van der Waals surface area contributed by atoms with Gasteiger partial charge in [0.1, 0.15) is 5.60 Å². The number of carbonyl (C=O) groups is 2. The fourth-order valence-corrected chi connectivity index (χ4v) is 2.18. The van der Waals surface area contributed by atoms with Crippen molar-refractivity contribution in [3.8, 4) is 11.5 Å². The number of aliphatic carboxylic acids is 1. The van der Waals surface area contributed by atoms with Gasteiger partial charge in [0.15, 0.2) is 11.5 Å². The smallest absolute Gasteiger partial charge is 0.407 e. The summed E-state index contributed by atoms with van der Waals surface area (Å²) in [7, 11) is 0. The number of carboxylic acid groups (broad SMARTS) is 1. The Hall–Kier alpha value is -2.44. The highest BCUT2D eigenvalue weighted by Crippen LogP contribution is 2.26. The van der Waals surface area contributed by atoms with Crippen LogP contribution in [0, 0.1) is 0 Å². The van der Waals surface area contributed by atoms with Crippen molar-refractivity contribution < 1.29 is 28.9 Å². The highest BCUT2D eigenvalue weighted by atomic mass is 16.6. The van der Waals surface area contributed by atoms with Gasteiger partial charge in [-0.15, -0.1) is 0 Å². The second kappa shape index (κ2) is 12.0. The van der Waals surface area contributed by atoms with Crippen LogP contribution in [0.2, 0.25) is 0 Å². The molecule has 0 aliphatic carbocycles. The molecule has 7 heteroatoms. The minimum atomic E-state index is -0.768. The van der Waals surface area contributed by atoms with Gasteiger partial charge in [-0.1, -0.05) is 12.1 Å². The van der Waals surface area contributed by atoms with Crippen LogP contribution in [0.5, 0.6) is 11.5 Å². The zero-order valence-electron chi connectivity index (χ0n) is 16.5. The van der Waals surface area contributed by atoms with Gasteiger partial charge in [-0.2, -0.15) is 0 Å². The van der Waals surface area contributed by atoms with Gasteiger partial charge in [0.2, 0.25) is 0 Å². The number of carboxylic acids is 1. The lowest BCUT2D eigenvalue weighted by Crippen LogP contribution is -2.33. The molecular weight excluding hydrogens is 350 g/mol. The second-order valence-electron chi connectivity index (χ2n) is 7.13. The van der Waals surface area contributed by atoms with Gasteiger partial charge in [-0.05, 0) is 58.6 Å². The number of hydrogen-bond donors (Lipinski definition) is 2. The highest BCUT2D eigenvalue weighted by molar-refractivity contribution is 5.67. The first-order chi connectivity index (χ1) is 12.8. The van der Waals surface area contributed by atoms with Crippen LogP contribution >= 0.6 is 0 Å². The molecule has 2 N–H and O–H groups in total. The number of ether oxygens (including phenoxy) is 3. The number of unbranched alkanes of at least 4 members (excludes halogenated alkanes) is 2. The molecule has 0 saturated carbocycles. The third-order valence-corrected chi connectivity index (χ3v) is 3.39. The Morgan fingerprint density at radius 2 is 1.56 bits per heavy atom. The molecule has 0 aromatic heterocycles. The van der Waals surface area contributed by atoms with E-state index in [0.717, 1.165) is 12.8 Å². The third kappa shape index (κ3) is 11.7. The van der Waals surface area contributed by atoms with Crippen molar-refractivity contribution in [2.45, 2.75) is 58.5 Å². The van der Waals surface area contributed by atoms with E-state index in [2.05, 4.69) is 5.32 Å². The van der Waals surface area contributed by atoms with E-state index in [1.807, 2.05) is 45.0 Å². The molecule has 0 aliphatic rings. The van der Waals surface area contributed by atoms with Crippen LogP contribution in [0.15, 0.2) is 24.3 Å². The predicted molar refractivity (Wildman–Crippen MR) is 102 cm³/mol. The van der Waals surface area contributed by atoms with Crippen LogP contribution in [-0.4, -0.2) is 42.5 Å². The van der Waals surface area contributed by atoms with Gasteiger partial charge in [-0.3, -0.25) is 4.79 Å². The summed E-state index contributed by atoms with van der Waals surface area (Å²) in [6, 6.07) is 7.41. The average Bonchev–Trinajstić information content (AvgIpc) is 2.57. The zero-order valence-corrected chi connectivity index (χ0v) is 16.5. The Labute approximate surface area is 161 Å². The maximum atomic E-state index is 11.5. The maximum absolute atomic E-state index is 11.5. The fourth-order valence-electron chi connectivity index (χ4n) is 2.18. The first kappa shape index (κ1) is 22.6. The van der Waals surface area contributed by atoms with Gasteiger partial charge in [0, 0.05) is 13.0 Å². The Morgan fingerprint density at radius 3 is 2.11 bits per heavy atom. The van der Waals surface area contributed by atoms with Crippen molar-refractivity contribution in [1.29, 1.82) is 0 Å². The van der Waals surface area contributed by atoms with Crippen LogP contribution in [0.3, 0.4) is 0 Å². The van der Waals surface area contributed by atoms with E-state index >= 15 is 0 Å². The normalized spacial score (nSPS) is 10.9. The van der Waals surface area contributed by atoms with Gasteiger partial charge < -0.3 is 24.6 Å². The van der Waals surface area contributed by atoms with E-state index < -0.39 is 17.7 Å². The summed E-state index contributed by atoms with van der Waals surface area (Å²) in [5, 5.41) is 11.3. The van der Waals surface area contributed by atoms with Crippen molar-refractivity contribution in [1.82, 2.24) is 5.32 Å². The molecule has 0 atom stereocenters. The molecule has 0 heterocycles. The number of amides is 1. The lowest BCUT2D eigenvalue weighted by Gasteiger charge is -2.19. The molecule has 1 rings (SSSR count). The Balaban J connectivity index is 2.23. The van der Waals surface area contributed by atoms with Gasteiger partial charge in [0.05, 0.1) is 13.2 Å². The SMILES string of the molecule is CC(C)(C)OC(=O)NCCCOc1ccccc1OCCCCCC(=O)O. The van der Waals surface area contributed by atoms with Crippen LogP contribution in [0.4, 0.5) is 4.79 Å². The van der Waals surface area contributed by atoms with E-state index in [1.165, 1.54) is 0 Å². The monoisotopic (exact) mass is 381 g/mol. The van der Waals surface area contributed by atoms with Crippen LogP contribution < -0.4 is 14.8 Å². The van der Waals surface area contributed by atoms with E-state index in [1.54, 1.807) is 0 Å². The summed E-state index contributed by atoms with van der Waals surface area (Å²) in [6.07, 6.45) is 2.66. The molecule has 0 saturated heterocycles. The lowest BCUT2D eigenvalue weighted by molar-refractivity contribution is -0.137. The van der Waals surface area contributed by atoms with Gasteiger partial charge >= 0.3 is 12.1 Å². The van der Waals surface area contributed by atoms with E-state index in [9.17, 15) is 9.59 Å². The number of alkyl carbamates (subject to hydrolysis) is 1. The van der Waals surface area contributed by atoms with E-state index in [-0.39, 0.29) is 6.42 Å². The van der Waals surface area contributed by atoms with Crippen molar-refractivity contribution in [2.75, 3.05) is 19.8 Å². The molecule has 0 radical (unpaired) electrons. The molecule has 0 fully saturated rings. The zero-order chi connectivity index (χ0) is 20.1. The van der Waals surface area contributed by atoms with Crippen LogP contribution in [0.1, 0.15) is 52.9 Å². The summed E-state index contributed by atoms with van der Waals surface area (Å²) in [4.78, 5) is 22.0. The molecule has 1 aromatic rings. The molecule has 0 unspecified atom stereocenters. The minimum absolute atomic E-state index is 0.191. The summed E-state index contributed by atoms with van der Waals surface area (Å²) >= 11 is 0. The maximum Gasteiger partial charge on any atom is 0.407 e. The topological polar surface area (TPSA) is 94.1 Å². The molecule has 0 aliphatic heterocycles. The minimum Gasteiger partial charge on any atom is -0.490 e. The van der Waals surface area contributed by atoms with Crippen molar-refractivity contribution >= 4 is 12.1 Å². The van der Waals surface area contributed by atoms with Gasteiger partial charge in [0.25, 0.3) is 0 Å². The van der Waals surface area contributed by atoms with Crippen molar-refractivity contribution in [3.63, 3.8) is 0 Å². The predicted octanol–water partition coefficient (Wildman–Crippen LogP) is 4.00. The van der Waals surface area contributed by atoms with E-state index in [4.69, 9.17) is 19.3 Å². The van der Waals surface area contributed by atoms with Gasteiger partial charge in [-0.25, -0.2) is 4.79 Å². The second-order valence-corrected chi connectivity index (χ2v) is 7.13. The number of para-hydroxylation sites is 2. The number of carbonyl (C=O) groups excluding carboxylic acids is 1. The van der Waals surface area contributed by atoms with E-state index in [0.29, 0.717) is 44.1 Å². The Kier molecular flexibility index (Phi) is 10.1. The summed E-state index contributed by atoms with van der Waals surface area (Å²) in [5.41, 5.74) is -0.509. The standard InChI is InChI=1S/C20H31NO6/c1-20(2,3)27-19(24)21-13-9-15-26-17-11-7-6-10-16(17)25-14-8-4-5-12-18(22)23/h6-7,10-11H,4-5,8-9,12-15H2,1-3H3,(H,21,24)(H,22,23). The molecular formula is C20H31NO6. The summed E-state index contributed by atoms with van der Waals surface area (Å²) in [6.45, 7) is 6.87. The number of benzene rings is 1. The molecule has 152 valence electrons. The molecule has 1 amide bonds. The number of nitrogens with one attached hydrogen (secondary N) is 1. The molecule has 0 spiro atoms. The highest BCUT2D eigenvalue weighted by Gasteiger charge is 2.15. The Bertz CT molecular complexity index is 582. The molecule has 0 bridgehead atoms. The lowest BCUT2D eigenvalue weighted by atomic mass is 10.2.